The normalized spacial score (nSPS) is 20.5. The van der Waals surface area contributed by atoms with E-state index >= 15 is 0 Å². The van der Waals surface area contributed by atoms with E-state index in [1.165, 1.54) is 16.7 Å². The van der Waals surface area contributed by atoms with Crippen LogP contribution in [0.15, 0.2) is 24.0 Å². The third-order valence-corrected chi connectivity index (χ3v) is 2.49. The summed E-state index contributed by atoms with van der Waals surface area (Å²) in [5.41, 5.74) is 9.50. The molecule has 0 spiro atoms. The van der Waals surface area contributed by atoms with Crippen LogP contribution in [0, 0.1) is 0 Å². The van der Waals surface area contributed by atoms with Gasteiger partial charge in [0.15, 0.2) is 0 Å². The molecule has 1 heterocycles. The summed E-state index contributed by atoms with van der Waals surface area (Å²) in [4.78, 5) is 4.07. The lowest BCUT2D eigenvalue weighted by atomic mass is 9.99. The van der Waals surface area contributed by atoms with Gasteiger partial charge in [0, 0.05) is 24.9 Å². The van der Waals surface area contributed by atoms with Crippen molar-refractivity contribution in [3.05, 3.63) is 35.2 Å². The Bertz CT molecular complexity index is 328. The Hall–Kier alpha value is -1.15. The molecular formula is C10H12N2. The van der Waals surface area contributed by atoms with Gasteiger partial charge in [-0.05, 0) is 22.8 Å². The Morgan fingerprint density at radius 2 is 2.42 bits per heavy atom. The Labute approximate surface area is 72.1 Å². The van der Waals surface area contributed by atoms with Gasteiger partial charge in [-0.15, -0.1) is 0 Å². The molecule has 12 heavy (non-hydrogen) atoms. The molecule has 0 bridgehead atoms. The first-order valence-electron chi connectivity index (χ1n) is 4.17. The van der Waals surface area contributed by atoms with E-state index < -0.39 is 0 Å². The fourth-order valence-electron chi connectivity index (χ4n) is 1.69. The molecule has 2 nitrogen and oxygen atoms in total. The molecule has 2 rings (SSSR count). The van der Waals surface area contributed by atoms with Crippen molar-refractivity contribution in [3.8, 4) is 0 Å². The van der Waals surface area contributed by atoms with Gasteiger partial charge < -0.3 is 5.73 Å². The predicted octanol–water partition coefficient (Wildman–Crippen LogP) is 1.54. The van der Waals surface area contributed by atoms with Gasteiger partial charge in [-0.2, -0.15) is 0 Å². The van der Waals surface area contributed by atoms with Gasteiger partial charge in [-0.3, -0.25) is 4.98 Å². The largest absolute Gasteiger partial charge is 0.327 e. The number of nitrogens with zero attached hydrogens (tertiary/aromatic N) is 1. The maximum atomic E-state index is 5.61. The quantitative estimate of drug-likeness (QED) is 0.676. The van der Waals surface area contributed by atoms with E-state index in [0.717, 1.165) is 0 Å². The third kappa shape index (κ3) is 0.959. The second-order valence-electron chi connectivity index (χ2n) is 3.15. The first-order valence-corrected chi connectivity index (χ1v) is 4.17. The first kappa shape index (κ1) is 7.50. The molecule has 0 radical (unpaired) electrons. The summed E-state index contributed by atoms with van der Waals surface area (Å²) in [7, 11) is 0. The molecule has 1 atom stereocenters. The highest BCUT2D eigenvalue weighted by Gasteiger charge is 2.19. The molecule has 1 aliphatic carbocycles. The fraction of sp³-hybridized carbons (Fsp3) is 0.300. The molecule has 1 unspecified atom stereocenters. The Balaban J connectivity index is 2.47. The van der Waals surface area contributed by atoms with E-state index in [0.29, 0.717) is 12.5 Å². The van der Waals surface area contributed by atoms with Crippen molar-refractivity contribution >= 4 is 6.08 Å². The lowest BCUT2D eigenvalue weighted by molar-refractivity contribution is 0.881. The number of hydrogen-bond acceptors (Lipinski definition) is 2. The number of pyridine rings is 1. The Morgan fingerprint density at radius 1 is 1.58 bits per heavy atom. The van der Waals surface area contributed by atoms with E-state index in [2.05, 4.69) is 24.1 Å². The molecule has 0 saturated heterocycles. The minimum atomic E-state index is 0.480. The van der Waals surface area contributed by atoms with Crippen LogP contribution in [0.5, 0.6) is 0 Å². The van der Waals surface area contributed by atoms with E-state index in [-0.39, 0.29) is 0 Å². The minimum Gasteiger partial charge on any atom is -0.327 e. The average Bonchev–Trinajstić information content (AvgIpc) is 2.44. The van der Waals surface area contributed by atoms with Crippen LogP contribution in [0.3, 0.4) is 0 Å². The number of aromatic nitrogens is 1. The van der Waals surface area contributed by atoms with Gasteiger partial charge in [0.2, 0.25) is 0 Å². The smallest absolute Gasteiger partial charge is 0.0343 e. The highest BCUT2D eigenvalue weighted by molar-refractivity contribution is 5.65. The van der Waals surface area contributed by atoms with Crippen molar-refractivity contribution in [1.82, 2.24) is 4.98 Å². The maximum Gasteiger partial charge on any atom is 0.0343 e. The highest BCUT2D eigenvalue weighted by Crippen LogP contribution is 2.34. The molecule has 0 saturated carbocycles. The van der Waals surface area contributed by atoms with E-state index in [1.54, 1.807) is 0 Å². The molecule has 1 aromatic rings. The average molecular weight is 160 g/mol. The van der Waals surface area contributed by atoms with Crippen LogP contribution in [0.25, 0.3) is 6.08 Å². The van der Waals surface area contributed by atoms with Crippen LogP contribution in [0.4, 0.5) is 0 Å². The van der Waals surface area contributed by atoms with Crippen molar-refractivity contribution in [2.75, 3.05) is 6.54 Å². The van der Waals surface area contributed by atoms with Crippen LogP contribution in [-0.4, -0.2) is 11.5 Å². The van der Waals surface area contributed by atoms with Gasteiger partial charge in [0.25, 0.3) is 0 Å². The minimum absolute atomic E-state index is 0.480. The van der Waals surface area contributed by atoms with Gasteiger partial charge >= 0.3 is 0 Å². The molecular weight excluding hydrogens is 148 g/mol. The Kier molecular flexibility index (Phi) is 1.70. The van der Waals surface area contributed by atoms with Crippen molar-refractivity contribution < 1.29 is 0 Å². The predicted molar refractivity (Wildman–Crippen MR) is 49.7 cm³/mol. The molecule has 0 amide bonds. The summed E-state index contributed by atoms with van der Waals surface area (Å²) in [6, 6.07) is 2.07. The van der Waals surface area contributed by atoms with E-state index in [4.69, 9.17) is 5.73 Å². The van der Waals surface area contributed by atoms with E-state index in [9.17, 15) is 0 Å². The molecule has 2 N–H and O–H groups in total. The monoisotopic (exact) mass is 160 g/mol. The molecule has 62 valence electrons. The molecule has 1 aliphatic rings. The highest BCUT2D eigenvalue weighted by atomic mass is 14.6. The van der Waals surface area contributed by atoms with Crippen LogP contribution in [0.2, 0.25) is 0 Å². The van der Waals surface area contributed by atoms with E-state index in [1.807, 2.05) is 12.4 Å². The van der Waals surface area contributed by atoms with Gasteiger partial charge in [0.1, 0.15) is 0 Å². The zero-order chi connectivity index (χ0) is 8.55. The number of nitrogens with two attached hydrogens (primary N) is 1. The summed E-state index contributed by atoms with van der Waals surface area (Å²) in [5.74, 6) is 0.480. The third-order valence-electron chi connectivity index (χ3n) is 2.49. The van der Waals surface area contributed by atoms with Crippen LogP contribution < -0.4 is 5.73 Å². The molecule has 2 heteroatoms. The van der Waals surface area contributed by atoms with Gasteiger partial charge in [-0.1, -0.05) is 13.0 Å². The number of rotatable bonds is 1. The number of hydrogen-bond donors (Lipinski definition) is 1. The van der Waals surface area contributed by atoms with Gasteiger partial charge in [-0.25, -0.2) is 0 Å². The maximum absolute atomic E-state index is 5.61. The van der Waals surface area contributed by atoms with Crippen LogP contribution >= 0.6 is 0 Å². The van der Waals surface area contributed by atoms with Crippen LogP contribution in [-0.2, 0) is 0 Å². The molecule has 0 aliphatic heterocycles. The zero-order valence-electron chi connectivity index (χ0n) is 7.12. The van der Waals surface area contributed by atoms with Crippen molar-refractivity contribution in [2.45, 2.75) is 12.8 Å². The lowest BCUT2D eigenvalue weighted by Crippen LogP contribution is -2.05. The van der Waals surface area contributed by atoms with Gasteiger partial charge in [0.05, 0.1) is 0 Å². The molecule has 0 aromatic carbocycles. The van der Waals surface area contributed by atoms with Crippen molar-refractivity contribution in [3.63, 3.8) is 0 Å². The SMILES string of the molecule is CC1C(CN)=Cc2cnccc21. The molecule has 1 aromatic heterocycles. The summed E-state index contributed by atoms with van der Waals surface area (Å²) >= 11 is 0. The summed E-state index contributed by atoms with van der Waals surface area (Å²) in [6.45, 7) is 2.83. The topological polar surface area (TPSA) is 38.9 Å². The summed E-state index contributed by atoms with van der Waals surface area (Å²) < 4.78 is 0. The second kappa shape index (κ2) is 2.72. The second-order valence-corrected chi connectivity index (χ2v) is 3.15. The summed E-state index contributed by atoms with van der Waals surface area (Å²) in [5, 5.41) is 0. The fourth-order valence-corrected chi connectivity index (χ4v) is 1.69. The Morgan fingerprint density at radius 3 is 3.08 bits per heavy atom. The standard InChI is InChI=1S/C10H12N2/c1-7-8(5-11)4-9-6-12-3-2-10(7)9/h2-4,6-7H,5,11H2,1H3. The summed E-state index contributed by atoms with van der Waals surface area (Å²) in [6.07, 6.45) is 5.88. The van der Waals surface area contributed by atoms with Crippen molar-refractivity contribution in [2.24, 2.45) is 5.73 Å². The number of fused-ring (bicyclic) bond motifs is 1. The zero-order valence-corrected chi connectivity index (χ0v) is 7.12. The lowest BCUT2D eigenvalue weighted by Gasteiger charge is -2.07. The molecule has 0 fully saturated rings. The van der Waals surface area contributed by atoms with Crippen LogP contribution in [0.1, 0.15) is 24.0 Å². The van der Waals surface area contributed by atoms with Crippen molar-refractivity contribution in [1.29, 1.82) is 0 Å². The first-order chi connectivity index (χ1) is 5.83.